The second-order valence-corrected chi connectivity index (χ2v) is 3.60. The molecule has 2 aromatic rings. The molecule has 2 rings (SSSR count). The molecular formula is C9H7BrN2O. The summed E-state index contributed by atoms with van der Waals surface area (Å²) in [5, 5.41) is 3.86. The number of halogens is 1. The summed E-state index contributed by atoms with van der Waals surface area (Å²) in [6.45, 7) is 1.86. The van der Waals surface area contributed by atoms with Crippen LogP contribution in [0.3, 0.4) is 0 Å². The molecule has 3 nitrogen and oxygen atoms in total. The zero-order chi connectivity index (χ0) is 9.26. The Kier molecular flexibility index (Phi) is 2.14. The normalized spacial score (nSPS) is 10.3. The van der Waals surface area contributed by atoms with Gasteiger partial charge >= 0.3 is 0 Å². The van der Waals surface area contributed by atoms with Gasteiger partial charge in [-0.15, -0.1) is 0 Å². The Morgan fingerprint density at radius 3 is 2.69 bits per heavy atom. The maximum absolute atomic E-state index is 4.95. The highest BCUT2D eigenvalue weighted by Crippen LogP contribution is 2.17. The van der Waals surface area contributed by atoms with E-state index in [0.29, 0.717) is 0 Å². The molecule has 0 amide bonds. The lowest BCUT2D eigenvalue weighted by molar-refractivity contribution is 0.399. The van der Waals surface area contributed by atoms with Gasteiger partial charge in [0.2, 0.25) is 0 Å². The summed E-state index contributed by atoms with van der Waals surface area (Å²) in [5.74, 6) is 0.791. The van der Waals surface area contributed by atoms with E-state index in [0.717, 1.165) is 21.6 Å². The van der Waals surface area contributed by atoms with Gasteiger partial charge in [-0.1, -0.05) is 5.16 Å². The topological polar surface area (TPSA) is 38.9 Å². The number of hydrogen-bond donors (Lipinski definition) is 0. The number of rotatable bonds is 1. The average Bonchev–Trinajstić information content (AvgIpc) is 2.53. The first-order chi connectivity index (χ1) is 6.25. The molecule has 0 aliphatic heterocycles. The molecule has 2 heterocycles. The maximum atomic E-state index is 4.95. The van der Waals surface area contributed by atoms with E-state index in [1.54, 1.807) is 6.20 Å². The lowest BCUT2D eigenvalue weighted by Crippen LogP contribution is -1.81. The van der Waals surface area contributed by atoms with Crippen LogP contribution < -0.4 is 0 Å². The van der Waals surface area contributed by atoms with E-state index in [2.05, 4.69) is 26.1 Å². The van der Waals surface area contributed by atoms with Crippen LogP contribution in [0.1, 0.15) is 5.76 Å². The van der Waals surface area contributed by atoms with Gasteiger partial charge in [0, 0.05) is 16.7 Å². The van der Waals surface area contributed by atoms with Gasteiger partial charge < -0.3 is 4.52 Å². The van der Waals surface area contributed by atoms with E-state index >= 15 is 0 Å². The van der Waals surface area contributed by atoms with Gasteiger partial charge in [0.25, 0.3) is 0 Å². The quantitative estimate of drug-likeness (QED) is 0.767. The van der Waals surface area contributed by atoms with Crippen LogP contribution in [0.2, 0.25) is 0 Å². The highest BCUT2D eigenvalue weighted by molar-refractivity contribution is 9.10. The van der Waals surface area contributed by atoms with E-state index < -0.39 is 0 Å². The molecule has 0 spiro atoms. The Bertz CT molecular complexity index is 408. The average molecular weight is 239 g/mol. The number of aromatic nitrogens is 2. The van der Waals surface area contributed by atoms with Crippen molar-refractivity contribution in [1.29, 1.82) is 0 Å². The fraction of sp³-hybridized carbons (Fsp3) is 0.111. The van der Waals surface area contributed by atoms with Crippen LogP contribution in [-0.2, 0) is 0 Å². The molecule has 0 aromatic carbocycles. The Labute approximate surface area is 83.9 Å². The van der Waals surface area contributed by atoms with Crippen molar-refractivity contribution in [3.05, 3.63) is 34.6 Å². The van der Waals surface area contributed by atoms with Gasteiger partial charge in [0.1, 0.15) is 11.5 Å². The van der Waals surface area contributed by atoms with Crippen molar-refractivity contribution < 1.29 is 4.52 Å². The van der Waals surface area contributed by atoms with Gasteiger partial charge in [-0.2, -0.15) is 0 Å². The first-order valence-electron chi connectivity index (χ1n) is 3.81. The lowest BCUT2D eigenvalue weighted by atomic mass is 10.2. The molecule has 0 N–H and O–H groups in total. The van der Waals surface area contributed by atoms with Crippen molar-refractivity contribution in [3.63, 3.8) is 0 Å². The monoisotopic (exact) mass is 238 g/mol. The molecule has 4 heteroatoms. The molecule has 0 aliphatic rings. The van der Waals surface area contributed by atoms with Gasteiger partial charge in [-0.3, -0.25) is 4.98 Å². The highest BCUT2D eigenvalue weighted by atomic mass is 79.9. The van der Waals surface area contributed by atoms with E-state index in [1.807, 2.05) is 25.1 Å². The Morgan fingerprint density at radius 1 is 1.31 bits per heavy atom. The molecule has 2 aromatic heterocycles. The summed E-state index contributed by atoms with van der Waals surface area (Å²) >= 11 is 3.32. The second kappa shape index (κ2) is 3.30. The standard InChI is InChI=1S/C9H7BrN2O/c1-6-4-9(12-13-6)8-3-2-7(10)5-11-8/h2-5H,1H3. The first kappa shape index (κ1) is 8.44. The van der Waals surface area contributed by atoms with Crippen molar-refractivity contribution in [2.45, 2.75) is 6.92 Å². The van der Waals surface area contributed by atoms with Crippen LogP contribution in [0, 0.1) is 6.92 Å². The number of nitrogens with zero attached hydrogens (tertiary/aromatic N) is 2. The SMILES string of the molecule is Cc1cc(-c2ccc(Br)cn2)no1. The van der Waals surface area contributed by atoms with Crippen molar-refractivity contribution in [3.8, 4) is 11.4 Å². The molecule has 0 saturated heterocycles. The lowest BCUT2D eigenvalue weighted by Gasteiger charge is -1.93. The van der Waals surface area contributed by atoms with Crippen LogP contribution in [0.25, 0.3) is 11.4 Å². The zero-order valence-corrected chi connectivity index (χ0v) is 8.58. The van der Waals surface area contributed by atoms with Crippen LogP contribution in [0.5, 0.6) is 0 Å². The Morgan fingerprint density at radius 2 is 2.15 bits per heavy atom. The number of pyridine rings is 1. The number of aryl methyl sites for hydroxylation is 1. The van der Waals surface area contributed by atoms with Crippen molar-refractivity contribution in [2.75, 3.05) is 0 Å². The molecule has 0 aliphatic carbocycles. The smallest absolute Gasteiger partial charge is 0.134 e. The van der Waals surface area contributed by atoms with E-state index in [4.69, 9.17) is 4.52 Å². The third kappa shape index (κ3) is 1.78. The maximum Gasteiger partial charge on any atom is 0.134 e. The van der Waals surface area contributed by atoms with E-state index in [1.165, 1.54) is 0 Å². The molecule has 0 atom stereocenters. The van der Waals surface area contributed by atoms with Crippen molar-refractivity contribution in [2.24, 2.45) is 0 Å². The molecule has 0 unspecified atom stereocenters. The van der Waals surface area contributed by atoms with E-state index in [-0.39, 0.29) is 0 Å². The molecular weight excluding hydrogens is 232 g/mol. The summed E-state index contributed by atoms with van der Waals surface area (Å²) in [5.41, 5.74) is 1.59. The van der Waals surface area contributed by atoms with Crippen molar-refractivity contribution in [1.82, 2.24) is 10.1 Å². The predicted molar refractivity (Wildman–Crippen MR) is 52.2 cm³/mol. The summed E-state index contributed by atoms with van der Waals surface area (Å²) in [6.07, 6.45) is 1.74. The predicted octanol–water partition coefficient (Wildman–Crippen LogP) is 2.81. The second-order valence-electron chi connectivity index (χ2n) is 2.68. The summed E-state index contributed by atoms with van der Waals surface area (Å²) < 4.78 is 5.90. The third-order valence-corrected chi connectivity index (χ3v) is 2.09. The van der Waals surface area contributed by atoms with Crippen LogP contribution in [0.15, 0.2) is 33.4 Å². The fourth-order valence-corrected chi connectivity index (χ4v) is 1.25. The van der Waals surface area contributed by atoms with Gasteiger partial charge in [0.15, 0.2) is 0 Å². The summed E-state index contributed by atoms with van der Waals surface area (Å²) in [7, 11) is 0. The third-order valence-electron chi connectivity index (χ3n) is 1.62. The largest absolute Gasteiger partial charge is 0.361 e. The minimum absolute atomic E-state index is 0.769. The highest BCUT2D eigenvalue weighted by Gasteiger charge is 2.03. The van der Waals surface area contributed by atoms with Crippen molar-refractivity contribution >= 4 is 15.9 Å². The Hall–Kier alpha value is -1.16. The Balaban J connectivity index is 2.41. The summed E-state index contributed by atoms with van der Waals surface area (Å²) in [6, 6.07) is 5.67. The molecule has 66 valence electrons. The molecule has 0 bridgehead atoms. The minimum atomic E-state index is 0.769. The van der Waals surface area contributed by atoms with Crippen LogP contribution >= 0.6 is 15.9 Å². The molecule has 0 radical (unpaired) electrons. The zero-order valence-electron chi connectivity index (χ0n) is 6.99. The fourth-order valence-electron chi connectivity index (χ4n) is 1.01. The molecule has 0 saturated carbocycles. The van der Waals surface area contributed by atoms with Gasteiger partial charge in [-0.25, -0.2) is 0 Å². The van der Waals surface area contributed by atoms with Gasteiger partial charge in [-0.05, 0) is 35.0 Å². The first-order valence-corrected chi connectivity index (χ1v) is 4.60. The molecule has 0 fully saturated rings. The summed E-state index contributed by atoms with van der Waals surface area (Å²) in [4.78, 5) is 4.19. The van der Waals surface area contributed by atoms with Crippen LogP contribution in [-0.4, -0.2) is 10.1 Å². The number of hydrogen-bond acceptors (Lipinski definition) is 3. The molecule has 13 heavy (non-hydrogen) atoms. The minimum Gasteiger partial charge on any atom is -0.361 e. The van der Waals surface area contributed by atoms with E-state index in [9.17, 15) is 0 Å². The van der Waals surface area contributed by atoms with Gasteiger partial charge in [0.05, 0.1) is 5.69 Å². The van der Waals surface area contributed by atoms with Crippen LogP contribution in [0.4, 0.5) is 0 Å².